The van der Waals surface area contributed by atoms with E-state index in [1.165, 1.54) is 0 Å². The predicted octanol–water partition coefficient (Wildman–Crippen LogP) is 1.72. The van der Waals surface area contributed by atoms with E-state index in [1.807, 2.05) is 13.0 Å². The molecule has 2 rings (SSSR count). The summed E-state index contributed by atoms with van der Waals surface area (Å²) < 4.78 is 5.10. The predicted molar refractivity (Wildman–Crippen MR) is 61.5 cm³/mol. The minimum atomic E-state index is -0.674. The third-order valence-corrected chi connectivity index (χ3v) is 3.27. The van der Waals surface area contributed by atoms with Crippen molar-refractivity contribution >= 4 is 5.97 Å². The number of aliphatic carboxylic acids is 1. The zero-order chi connectivity index (χ0) is 12.3. The lowest BCUT2D eigenvalue weighted by atomic mass is 9.86. The quantitative estimate of drug-likeness (QED) is 0.835. The van der Waals surface area contributed by atoms with Gasteiger partial charge < -0.3 is 14.9 Å². The average Bonchev–Trinajstić information content (AvgIpc) is 2.73. The van der Waals surface area contributed by atoms with Gasteiger partial charge in [-0.1, -0.05) is 11.6 Å². The van der Waals surface area contributed by atoms with Crippen LogP contribution in [-0.2, 0) is 11.3 Å². The van der Waals surface area contributed by atoms with Gasteiger partial charge in [-0.2, -0.15) is 0 Å². The summed E-state index contributed by atoms with van der Waals surface area (Å²) in [7, 11) is 0. The van der Waals surface area contributed by atoms with Crippen molar-refractivity contribution < 1.29 is 14.4 Å². The Balaban J connectivity index is 1.81. The number of nitrogens with zero attached hydrogens (tertiary/aromatic N) is 1. The van der Waals surface area contributed by atoms with Crippen molar-refractivity contribution in [3.63, 3.8) is 0 Å². The molecule has 17 heavy (non-hydrogen) atoms. The van der Waals surface area contributed by atoms with E-state index in [-0.39, 0.29) is 12.0 Å². The maximum Gasteiger partial charge on any atom is 0.306 e. The van der Waals surface area contributed by atoms with Crippen LogP contribution < -0.4 is 5.32 Å². The molecule has 0 aliphatic heterocycles. The van der Waals surface area contributed by atoms with Crippen molar-refractivity contribution in [2.75, 3.05) is 0 Å². The monoisotopic (exact) mass is 238 g/mol. The smallest absolute Gasteiger partial charge is 0.306 e. The average molecular weight is 238 g/mol. The first kappa shape index (κ1) is 12.1. The second kappa shape index (κ2) is 5.31. The van der Waals surface area contributed by atoms with Gasteiger partial charge in [-0.25, -0.2) is 0 Å². The molecule has 1 aromatic heterocycles. The molecule has 0 aromatic carbocycles. The number of aromatic nitrogens is 1. The zero-order valence-electron chi connectivity index (χ0n) is 9.98. The van der Waals surface area contributed by atoms with Crippen molar-refractivity contribution in [3.05, 3.63) is 17.5 Å². The molecule has 2 N–H and O–H groups in total. The first-order valence-corrected chi connectivity index (χ1v) is 6.03. The third-order valence-electron chi connectivity index (χ3n) is 3.27. The number of aryl methyl sites for hydroxylation is 1. The van der Waals surface area contributed by atoms with E-state index < -0.39 is 5.97 Å². The highest BCUT2D eigenvalue weighted by Gasteiger charge is 2.26. The van der Waals surface area contributed by atoms with E-state index >= 15 is 0 Å². The number of carboxylic acids is 1. The highest BCUT2D eigenvalue weighted by atomic mass is 16.5. The van der Waals surface area contributed by atoms with E-state index in [9.17, 15) is 4.79 Å². The summed E-state index contributed by atoms with van der Waals surface area (Å²) in [6, 6.07) is 2.17. The van der Waals surface area contributed by atoms with Gasteiger partial charge >= 0.3 is 5.97 Å². The van der Waals surface area contributed by atoms with Crippen LogP contribution in [0.1, 0.15) is 37.1 Å². The van der Waals surface area contributed by atoms with Crippen LogP contribution in [0.25, 0.3) is 0 Å². The summed E-state index contributed by atoms with van der Waals surface area (Å²) in [6.45, 7) is 2.51. The van der Waals surface area contributed by atoms with Gasteiger partial charge in [0.2, 0.25) is 0 Å². The molecule has 2 unspecified atom stereocenters. The second-order valence-corrected chi connectivity index (χ2v) is 4.71. The lowest BCUT2D eigenvalue weighted by Crippen LogP contribution is -2.35. The van der Waals surface area contributed by atoms with Gasteiger partial charge in [0.1, 0.15) is 0 Å². The molecule has 5 heteroatoms. The van der Waals surface area contributed by atoms with Crippen LogP contribution in [0, 0.1) is 12.8 Å². The fourth-order valence-electron chi connectivity index (χ4n) is 2.34. The Kier molecular flexibility index (Phi) is 3.78. The largest absolute Gasteiger partial charge is 0.481 e. The van der Waals surface area contributed by atoms with E-state index in [1.54, 1.807) is 0 Å². The van der Waals surface area contributed by atoms with Gasteiger partial charge in [-0.15, -0.1) is 0 Å². The lowest BCUT2D eigenvalue weighted by molar-refractivity contribution is -0.143. The van der Waals surface area contributed by atoms with Gasteiger partial charge in [0.25, 0.3) is 0 Å². The van der Waals surface area contributed by atoms with Gasteiger partial charge in [-0.3, -0.25) is 4.79 Å². The summed E-state index contributed by atoms with van der Waals surface area (Å²) >= 11 is 0. The van der Waals surface area contributed by atoms with Crippen molar-refractivity contribution in [3.8, 4) is 0 Å². The van der Waals surface area contributed by atoms with Crippen LogP contribution in [0.2, 0.25) is 0 Å². The van der Waals surface area contributed by atoms with Gasteiger partial charge in [-0.05, 0) is 26.2 Å². The molecule has 1 aliphatic rings. The highest BCUT2D eigenvalue weighted by molar-refractivity contribution is 5.70. The lowest BCUT2D eigenvalue weighted by Gasteiger charge is -2.27. The Morgan fingerprint density at radius 2 is 2.47 bits per heavy atom. The number of nitrogens with one attached hydrogen (secondary N) is 1. The fraction of sp³-hybridized carbons (Fsp3) is 0.667. The third kappa shape index (κ3) is 3.30. The Hall–Kier alpha value is -1.36. The minimum Gasteiger partial charge on any atom is -0.481 e. The topological polar surface area (TPSA) is 75.4 Å². The fourth-order valence-corrected chi connectivity index (χ4v) is 2.34. The van der Waals surface area contributed by atoms with Crippen LogP contribution >= 0.6 is 0 Å². The van der Waals surface area contributed by atoms with E-state index in [2.05, 4.69) is 10.5 Å². The number of carbonyl (C=O) groups is 1. The standard InChI is InChI=1S/C12H18N2O3/c1-8-5-11(17-14-8)7-13-10-4-2-3-9(6-10)12(15)16/h5,9-10,13H,2-4,6-7H2,1H3,(H,15,16). The van der Waals surface area contributed by atoms with Crippen LogP contribution in [0.3, 0.4) is 0 Å². The molecule has 0 spiro atoms. The van der Waals surface area contributed by atoms with Crippen LogP contribution in [0.4, 0.5) is 0 Å². The first-order chi connectivity index (χ1) is 8.15. The van der Waals surface area contributed by atoms with Crippen LogP contribution in [0.5, 0.6) is 0 Å². The maximum absolute atomic E-state index is 10.9. The number of carboxylic acid groups (broad SMARTS) is 1. The summed E-state index contributed by atoms with van der Waals surface area (Å²) in [5.41, 5.74) is 0.869. The highest BCUT2D eigenvalue weighted by Crippen LogP contribution is 2.24. The van der Waals surface area contributed by atoms with E-state index in [0.29, 0.717) is 13.0 Å². The molecule has 0 radical (unpaired) electrons. The molecule has 1 aliphatic carbocycles. The Morgan fingerprint density at radius 3 is 3.12 bits per heavy atom. The van der Waals surface area contributed by atoms with Crippen molar-refractivity contribution in [2.24, 2.45) is 5.92 Å². The molecule has 1 saturated carbocycles. The first-order valence-electron chi connectivity index (χ1n) is 6.03. The van der Waals surface area contributed by atoms with Crippen LogP contribution in [0.15, 0.2) is 10.6 Å². The minimum absolute atomic E-state index is 0.197. The molecule has 0 bridgehead atoms. The van der Waals surface area contributed by atoms with Gasteiger partial charge in [0.05, 0.1) is 18.2 Å². The molecule has 1 aromatic rings. The molecule has 0 saturated heterocycles. The molecule has 2 atom stereocenters. The summed E-state index contributed by atoms with van der Waals surface area (Å²) in [4.78, 5) is 10.9. The Bertz CT molecular complexity index is 389. The maximum atomic E-state index is 10.9. The SMILES string of the molecule is Cc1cc(CNC2CCCC(C(=O)O)C2)on1. The normalized spacial score (nSPS) is 24.8. The zero-order valence-corrected chi connectivity index (χ0v) is 9.98. The molecule has 5 nitrogen and oxygen atoms in total. The number of hydrogen-bond donors (Lipinski definition) is 2. The van der Waals surface area contributed by atoms with Crippen molar-refractivity contribution in [1.29, 1.82) is 0 Å². The summed E-state index contributed by atoms with van der Waals surface area (Å²) in [5, 5.41) is 16.1. The van der Waals surface area contributed by atoms with Gasteiger partial charge in [0.15, 0.2) is 5.76 Å². The van der Waals surface area contributed by atoms with Crippen molar-refractivity contribution in [1.82, 2.24) is 10.5 Å². The molecule has 1 fully saturated rings. The van der Waals surface area contributed by atoms with Crippen molar-refractivity contribution in [2.45, 2.75) is 45.2 Å². The molecule has 0 amide bonds. The molecule has 1 heterocycles. The molecular formula is C12H18N2O3. The van der Waals surface area contributed by atoms with Crippen LogP contribution in [-0.4, -0.2) is 22.3 Å². The number of hydrogen-bond acceptors (Lipinski definition) is 4. The second-order valence-electron chi connectivity index (χ2n) is 4.71. The number of rotatable bonds is 4. The molecule has 94 valence electrons. The Labute approximate surface area is 100 Å². The summed E-state index contributed by atoms with van der Waals surface area (Å²) in [6.07, 6.45) is 3.53. The van der Waals surface area contributed by atoms with E-state index in [0.717, 1.165) is 30.7 Å². The molecular weight excluding hydrogens is 220 g/mol. The summed E-state index contributed by atoms with van der Waals surface area (Å²) in [5.74, 6) is -0.0651. The van der Waals surface area contributed by atoms with Gasteiger partial charge in [0, 0.05) is 12.1 Å². The van der Waals surface area contributed by atoms with E-state index in [4.69, 9.17) is 9.63 Å². The Morgan fingerprint density at radius 1 is 1.65 bits per heavy atom.